The van der Waals surface area contributed by atoms with Crippen LogP contribution in [0.3, 0.4) is 0 Å². The Kier molecular flexibility index (Phi) is 3.48. The van der Waals surface area contributed by atoms with Crippen molar-refractivity contribution in [3.8, 4) is 6.07 Å². The van der Waals surface area contributed by atoms with E-state index in [1.54, 1.807) is 18.2 Å². The highest BCUT2D eigenvalue weighted by atomic mass is 32.2. The van der Waals surface area contributed by atoms with Crippen LogP contribution in [0.25, 0.3) is 0 Å². The lowest BCUT2D eigenvalue weighted by Crippen LogP contribution is -2.05. The standard InChI is InChI=1S/C11H13NO2S/c1-9(2)10-4-3-5-11(8-10)15(13,14)7-6-12/h3-5,8-9H,7H2,1-2H3. The molecule has 0 aliphatic heterocycles. The van der Waals surface area contributed by atoms with Gasteiger partial charge < -0.3 is 0 Å². The molecule has 0 spiro atoms. The molecule has 4 heteroatoms. The van der Waals surface area contributed by atoms with E-state index in [4.69, 9.17) is 5.26 Å². The van der Waals surface area contributed by atoms with E-state index in [1.165, 1.54) is 6.07 Å². The summed E-state index contributed by atoms with van der Waals surface area (Å²) >= 11 is 0. The van der Waals surface area contributed by atoms with Gasteiger partial charge in [-0.1, -0.05) is 26.0 Å². The second kappa shape index (κ2) is 4.45. The van der Waals surface area contributed by atoms with Gasteiger partial charge in [-0.05, 0) is 23.6 Å². The molecule has 1 aromatic rings. The summed E-state index contributed by atoms with van der Waals surface area (Å²) in [5.41, 5.74) is 0.967. The van der Waals surface area contributed by atoms with Crippen LogP contribution in [0.5, 0.6) is 0 Å². The molecule has 0 fully saturated rings. The Labute approximate surface area is 90.3 Å². The smallest absolute Gasteiger partial charge is 0.191 e. The molecule has 0 saturated heterocycles. The van der Waals surface area contributed by atoms with E-state index in [9.17, 15) is 8.42 Å². The molecule has 0 amide bonds. The third-order valence-corrected chi connectivity index (χ3v) is 3.62. The lowest BCUT2D eigenvalue weighted by molar-refractivity contribution is 0.599. The van der Waals surface area contributed by atoms with E-state index in [0.29, 0.717) is 0 Å². The Morgan fingerprint density at radius 2 is 2.07 bits per heavy atom. The Balaban J connectivity index is 3.18. The van der Waals surface area contributed by atoms with Gasteiger partial charge in [-0.3, -0.25) is 0 Å². The van der Waals surface area contributed by atoms with Crippen LogP contribution in [0.4, 0.5) is 0 Å². The molecule has 0 saturated carbocycles. The first-order valence-electron chi connectivity index (χ1n) is 4.67. The van der Waals surface area contributed by atoms with Gasteiger partial charge in [-0.15, -0.1) is 0 Å². The average molecular weight is 223 g/mol. The van der Waals surface area contributed by atoms with E-state index in [1.807, 2.05) is 19.9 Å². The molecular weight excluding hydrogens is 210 g/mol. The van der Waals surface area contributed by atoms with E-state index in [2.05, 4.69) is 0 Å². The zero-order valence-corrected chi connectivity index (χ0v) is 9.58. The number of sulfone groups is 1. The Morgan fingerprint density at radius 1 is 1.40 bits per heavy atom. The summed E-state index contributed by atoms with van der Waals surface area (Å²) in [5, 5.41) is 8.41. The van der Waals surface area contributed by atoms with Crippen LogP contribution >= 0.6 is 0 Å². The number of hydrogen-bond acceptors (Lipinski definition) is 3. The van der Waals surface area contributed by atoms with Crippen molar-refractivity contribution >= 4 is 9.84 Å². The molecule has 1 aromatic carbocycles. The highest BCUT2D eigenvalue weighted by Crippen LogP contribution is 2.19. The summed E-state index contributed by atoms with van der Waals surface area (Å²) in [6, 6.07) is 8.42. The van der Waals surface area contributed by atoms with Crippen LogP contribution in [-0.2, 0) is 9.84 Å². The fourth-order valence-electron chi connectivity index (χ4n) is 1.24. The molecule has 0 aliphatic carbocycles. The lowest BCUT2D eigenvalue weighted by Gasteiger charge is -2.07. The molecular formula is C11H13NO2S. The maximum Gasteiger partial charge on any atom is 0.191 e. The largest absolute Gasteiger partial charge is 0.223 e. The van der Waals surface area contributed by atoms with Crippen molar-refractivity contribution in [2.75, 3.05) is 5.75 Å². The minimum absolute atomic E-state index is 0.232. The quantitative estimate of drug-likeness (QED) is 0.788. The summed E-state index contributed by atoms with van der Waals surface area (Å²) in [6.07, 6.45) is 0. The average Bonchev–Trinajstić information content (AvgIpc) is 2.18. The Hall–Kier alpha value is -1.34. The number of nitriles is 1. The van der Waals surface area contributed by atoms with Crippen LogP contribution < -0.4 is 0 Å². The molecule has 3 nitrogen and oxygen atoms in total. The summed E-state index contributed by atoms with van der Waals surface area (Å²) < 4.78 is 23.2. The van der Waals surface area contributed by atoms with Crippen molar-refractivity contribution in [1.29, 1.82) is 5.26 Å². The molecule has 0 bridgehead atoms. The second-order valence-corrected chi connectivity index (χ2v) is 5.63. The molecule has 0 aliphatic rings. The fourth-order valence-corrected chi connectivity index (χ4v) is 2.17. The SMILES string of the molecule is CC(C)c1cccc(S(=O)(=O)CC#N)c1. The minimum Gasteiger partial charge on any atom is -0.223 e. The predicted octanol–water partition coefficient (Wildman–Crippen LogP) is 2.11. The van der Waals surface area contributed by atoms with Crippen molar-refractivity contribution in [3.63, 3.8) is 0 Å². The van der Waals surface area contributed by atoms with Crippen molar-refractivity contribution < 1.29 is 8.42 Å². The Bertz CT molecular complexity index is 484. The summed E-state index contributed by atoms with van der Waals surface area (Å²) in [7, 11) is -3.43. The molecule has 15 heavy (non-hydrogen) atoms. The molecule has 1 rings (SSSR count). The summed E-state index contributed by atoms with van der Waals surface area (Å²) in [4.78, 5) is 0.232. The van der Waals surface area contributed by atoms with Gasteiger partial charge in [0.25, 0.3) is 0 Å². The Morgan fingerprint density at radius 3 is 2.60 bits per heavy atom. The minimum atomic E-state index is -3.43. The zero-order chi connectivity index (χ0) is 11.5. The highest BCUT2D eigenvalue weighted by Gasteiger charge is 2.14. The van der Waals surface area contributed by atoms with Gasteiger partial charge in [-0.2, -0.15) is 5.26 Å². The second-order valence-electron chi connectivity index (χ2n) is 3.64. The lowest BCUT2D eigenvalue weighted by atomic mass is 10.0. The maximum absolute atomic E-state index is 11.6. The van der Waals surface area contributed by atoms with Gasteiger partial charge in [0.15, 0.2) is 9.84 Å². The number of benzene rings is 1. The monoisotopic (exact) mass is 223 g/mol. The van der Waals surface area contributed by atoms with E-state index >= 15 is 0 Å². The van der Waals surface area contributed by atoms with Gasteiger partial charge in [0, 0.05) is 0 Å². The van der Waals surface area contributed by atoms with Gasteiger partial charge in [0.05, 0.1) is 11.0 Å². The first-order valence-corrected chi connectivity index (χ1v) is 6.32. The maximum atomic E-state index is 11.6. The van der Waals surface area contributed by atoms with Gasteiger partial charge in [-0.25, -0.2) is 8.42 Å². The number of nitrogens with zero attached hydrogens (tertiary/aromatic N) is 1. The number of hydrogen-bond donors (Lipinski definition) is 0. The summed E-state index contributed by atoms with van der Waals surface area (Å²) in [5.74, 6) is -0.184. The van der Waals surface area contributed by atoms with Gasteiger partial charge in [0.1, 0.15) is 5.75 Å². The van der Waals surface area contributed by atoms with Crippen molar-refractivity contribution in [1.82, 2.24) is 0 Å². The van der Waals surface area contributed by atoms with Crippen molar-refractivity contribution in [3.05, 3.63) is 29.8 Å². The molecule has 0 atom stereocenters. The third-order valence-electron chi connectivity index (χ3n) is 2.14. The first-order chi connectivity index (χ1) is 6.97. The molecule has 0 heterocycles. The van der Waals surface area contributed by atoms with Gasteiger partial charge in [0.2, 0.25) is 0 Å². The van der Waals surface area contributed by atoms with E-state index in [0.717, 1.165) is 5.56 Å². The fraction of sp³-hybridized carbons (Fsp3) is 0.364. The van der Waals surface area contributed by atoms with Crippen LogP contribution in [0.2, 0.25) is 0 Å². The topological polar surface area (TPSA) is 57.9 Å². The first kappa shape index (κ1) is 11.7. The van der Waals surface area contributed by atoms with Crippen LogP contribution in [-0.4, -0.2) is 14.2 Å². The normalized spacial score (nSPS) is 11.3. The van der Waals surface area contributed by atoms with Crippen LogP contribution in [0, 0.1) is 11.3 Å². The summed E-state index contributed by atoms with van der Waals surface area (Å²) in [6.45, 7) is 3.99. The molecule has 0 N–H and O–H groups in total. The molecule has 80 valence electrons. The van der Waals surface area contributed by atoms with Crippen LogP contribution in [0.1, 0.15) is 25.3 Å². The zero-order valence-electron chi connectivity index (χ0n) is 8.77. The highest BCUT2D eigenvalue weighted by molar-refractivity contribution is 7.91. The van der Waals surface area contributed by atoms with Crippen molar-refractivity contribution in [2.45, 2.75) is 24.7 Å². The molecule has 0 aromatic heterocycles. The predicted molar refractivity (Wildman–Crippen MR) is 58.2 cm³/mol. The van der Waals surface area contributed by atoms with Crippen LogP contribution in [0.15, 0.2) is 29.2 Å². The van der Waals surface area contributed by atoms with Gasteiger partial charge >= 0.3 is 0 Å². The van der Waals surface area contributed by atoms with E-state index < -0.39 is 15.6 Å². The van der Waals surface area contributed by atoms with Crippen molar-refractivity contribution in [2.24, 2.45) is 0 Å². The van der Waals surface area contributed by atoms with E-state index in [-0.39, 0.29) is 10.8 Å². The number of rotatable bonds is 3. The third kappa shape index (κ3) is 2.80. The molecule has 0 radical (unpaired) electrons. The molecule has 0 unspecified atom stereocenters.